The van der Waals surface area contributed by atoms with E-state index >= 15 is 0 Å². The van der Waals surface area contributed by atoms with Gasteiger partial charge in [0.1, 0.15) is 0 Å². The zero-order valence-electron chi connectivity index (χ0n) is 17.1. The number of alkyl halides is 2. The molecule has 1 aliphatic heterocycles. The molecule has 164 valence electrons. The number of hydrogen-bond donors (Lipinski definition) is 0. The van der Waals surface area contributed by atoms with Crippen molar-refractivity contribution in [2.75, 3.05) is 20.3 Å². The van der Waals surface area contributed by atoms with Crippen LogP contribution in [0.3, 0.4) is 0 Å². The molecule has 4 unspecified atom stereocenters. The summed E-state index contributed by atoms with van der Waals surface area (Å²) in [5.74, 6) is -6.06. The van der Waals surface area contributed by atoms with Gasteiger partial charge in [-0.25, -0.2) is 13.2 Å². The molecule has 1 aliphatic carbocycles. The SMILES string of the molecule is CCCCOC1CCC(C2CCC(c3ccc(OC)c(F)c3F)OC2)C(F)(F)C1. The molecule has 3 nitrogen and oxygen atoms in total. The lowest BCUT2D eigenvalue weighted by atomic mass is 9.73. The quantitative estimate of drug-likeness (QED) is 0.398. The highest BCUT2D eigenvalue weighted by molar-refractivity contribution is 5.32. The fraction of sp³-hybridized carbons (Fsp3) is 0.727. The molecule has 4 atom stereocenters. The van der Waals surface area contributed by atoms with Gasteiger partial charge in [0.2, 0.25) is 5.82 Å². The van der Waals surface area contributed by atoms with E-state index in [9.17, 15) is 17.6 Å². The molecule has 0 N–H and O–H groups in total. The van der Waals surface area contributed by atoms with Gasteiger partial charge in [0, 0.05) is 24.5 Å². The van der Waals surface area contributed by atoms with Crippen LogP contribution in [0.25, 0.3) is 0 Å². The number of halogens is 4. The summed E-state index contributed by atoms with van der Waals surface area (Å²) in [4.78, 5) is 0. The predicted molar refractivity (Wildman–Crippen MR) is 101 cm³/mol. The van der Waals surface area contributed by atoms with Gasteiger partial charge < -0.3 is 14.2 Å². The second-order valence-corrected chi connectivity index (χ2v) is 8.14. The number of hydrogen-bond acceptors (Lipinski definition) is 3. The van der Waals surface area contributed by atoms with Crippen LogP contribution in [0, 0.1) is 23.5 Å². The van der Waals surface area contributed by atoms with E-state index in [1.165, 1.54) is 19.2 Å². The highest BCUT2D eigenvalue weighted by atomic mass is 19.3. The summed E-state index contributed by atoms with van der Waals surface area (Å²) in [6, 6.07) is 2.80. The summed E-state index contributed by atoms with van der Waals surface area (Å²) in [6.45, 7) is 2.69. The van der Waals surface area contributed by atoms with Crippen LogP contribution in [-0.2, 0) is 9.47 Å². The molecule has 0 amide bonds. The highest BCUT2D eigenvalue weighted by Gasteiger charge is 2.49. The first-order valence-electron chi connectivity index (χ1n) is 10.5. The van der Waals surface area contributed by atoms with Crippen LogP contribution >= 0.6 is 0 Å². The van der Waals surface area contributed by atoms with E-state index in [2.05, 4.69) is 0 Å². The fourth-order valence-electron chi connectivity index (χ4n) is 4.54. The molecular weight excluding hydrogens is 388 g/mol. The van der Waals surface area contributed by atoms with E-state index in [-0.39, 0.29) is 36.4 Å². The van der Waals surface area contributed by atoms with Crippen molar-refractivity contribution in [1.82, 2.24) is 0 Å². The highest BCUT2D eigenvalue weighted by Crippen LogP contribution is 2.47. The van der Waals surface area contributed by atoms with Crippen molar-refractivity contribution in [3.05, 3.63) is 29.3 Å². The standard InChI is InChI=1S/C22H30F4O3/c1-3-4-11-28-15-6-8-17(22(25,26)12-15)14-5-9-18(29-13-14)16-7-10-19(27-2)21(24)20(16)23/h7,10,14-15,17-18H,3-6,8-9,11-13H2,1-2H3. The van der Waals surface area contributed by atoms with Gasteiger partial charge in [0.25, 0.3) is 5.92 Å². The Morgan fingerprint density at radius 3 is 2.52 bits per heavy atom. The first-order chi connectivity index (χ1) is 13.9. The largest absolute Gasteiger partial charge is 0.494 e. The molecule has 1 saturated heterocycles. The van der Waals surface area contributed by atoms with Crippen molar-refractivity contribution in [2.45, 2.75) is 70.0 Å². The molecular formula is C22H30F4O3. The lowest BCUT2D eigenvalue weighted by molar-refractivity contribution is -0.167. The van der Waals surface area contributed by atoms with Crippen molar-refractivity contribution in [3.8, 4) is 5.75 Å². The van der Waals surface area contributed by atoms with Gasteiger partial charge in [-0.1, -0.05) is 13.3 Å². The van der Waals surface area contributed by atoms with Crippen LogP contribution in [0.15, 0.2) is 12.1 Å². The Morgan fingerprint density at radius 2 is 1.90 bits per heavy atom. The Bertz CT molecular complexity index is 674. The average Bonchev–Trinajstić information content (AvgIpc) is 2.70. The van der Waals surface area contributed by atoms with E-state index < -0.39 is 29.6 Å². The number of unbranched alkanes of at least 4 members (excludes halogenated alkanes) is 1. The lowest BCUT2D eigenvalue weighted by Gasteiger charge is -2.42. The minimum atomic E-state index is -2.80. The van der Waals surface area contributed by atoms with Crippen LogP contribution in [0.5, 0.6) is 5.75 Å². The van der Waals surface area contributed by atoms with E-state index in [0.29, 0.717) is 32.3 Å². The third-order valence-corrected chi connectivity index (χ3v) is 6.22. The third-order valence-electron chi connectivity index (χ3n) is 6.22. The Hall–Kier alpha value is -1.34. The van der Waals surface area contributed by atoms with Crippen molar-refractivity contribution in [2.24, 2.45) is 11.8 Å². The molecule has 1 aromatic carbocycles. The number of benzene rings is 1. The van der Waals surface area contributed by atoms with Crippen molar-refractivity contribution >= 4 is 0 Å². The molecule has 2 fully saturated rings. The molecule has 2 aliphatic rings. The molecule has 0 aromatic heterocycles. The number of rotatable bonds is 7. The van der Waals surface area contributed by atoms with E-state index in [4.69, 9.17) is 14.2 Å². The lowest BCUT2D eigenvalue weighted by Crippen LogP contribution is -2.45. The monoisotopic (exact) mass is 418 g/mol. The molecule has 7 heteroatoms. The molecule has 0 radical (unpaired) electrons. The molecule has 0 spiro atoms. The number of methoxy groups -OCH3 is 1. The first kappa shape index (κ1) is 22.3. The third kappa shape index (κ3) is 5.05. The maximum atomic E-state index is 14.8. The molecule has 29 heavy (non-hydrogen) atoms. The topological polar surface area (TPSA) is 27.7 Å². The van der Waals surface area contributed by atoms with Crippen LogP contribution in [0.2, 0.25) is 0 Å². The Balaban J connectivity index is 1.58. The summed E-state index contributed by atoms with van der Waals surface area (Å²) in [5, 5.41) is 0. The van der Waals surface area contributed by atoms with E-state index in [1.807, 2.05) is 6.92 Å². The first-order valence-corrected chi connectivity index (χ1v) is 10.5. The zero-order chi connectivity index (χ0) is 21.0. The van der Waals surface area contributed by atoms with Crippen molar-refractivity contribution in [1.29, 1.82) is 0 Å². The summed E-state index contributed by atoms with van der Waals surface area (Å²) >= 11 is 0. The van der Waals surface area contributed by atoms with E-state index in [1.54, 1.807) is 0 Å². The summed E-state index contributed by atoms with van der Waals surface area (Å²) < 4.78 is 73.9. The minimum absolute atomic E-state index is 0.113. The van der Waals surface area contributed by atoms with Gasteiger partial charge in [-0.15, -0.1) is 0 Å². The predicted octanol–water partition coefficient (Wildman–Crippen LogP) is 6.06. The van der Waals surface area contributed by atoms with Gasteiger partial charge in [-0.05, 0) is 50.2 Å². The Morgan fingerprint density at radius 1 is 1.10 bits per heavy atom. The Labute approximate surface area is 169 Å². The second kappa shape index (κ2) is 9.65. The van der Waals surface area contributed by atoms with Gasteiger partial charge in [-0.3, -0.25) is 0 Å². The summed E-state index contributed by atoms with van der Waals surface area (Å²) in [7, 11) is 1.27. The summed E-state index contributed by atoms with van der Waals surface area (Å²) in [5.41, 5.74) is 0.113. The van der Waals surface area contributed by atoms with Gasteiger partial charge in [-0.2, -0.15) is 4.39 Å². The number of ether oxygens (including phenoxy) is 3. The Kier molecular flexibility index (Phi) is 7.43. The van der Waals surface area contributed by atoms with Gasteiger partial charge in [0.05, 0.1) is 25.9 Å². The molecule has 1 heterocycles. The fourth-order valence-corrected chi connectivity index (χ4v) is 4.54. The second-order valence-electron chi connectivity index (χ2n) is 8.14. The summed E-state index contributed by atoms with van der Waals surface area (Å²) in [6.07, 6.45) is 2.50. The van der Waals surface area contributed by atoms with Crippen molar-refractivity contribution < 1.29 is 31.8 Å². The van der Waals surface area contributed by atoms with Crippen LogP contribution in [0.1, 0.15) is 63.5 Å². The molecule has 0 bridgehead atoms. The van der Waals surface area contributed by atoms with Crippen LogP contribution < -0.4 is 4.74 Å². The normalized spacial score (nSPS) is 29.6. The average molecular weight is 418 g/mol. The molecule has 3 rings (SSSR count). The minimum Gasteiger partial charge on any atom is -0.494 e. The molecule has 1 aromatic rings. The van der Waals surface area contributed by atoms with Crippen LogP contribution in [0.4, 0.5) is 17.6 Å². The maximum Gasteiger partial charge on any atom is 0.253 e. The van der Waals surface area contributed by atoms with Gasteiger partial charge >= 0.3 is 0 Å². The van der Waals surface area contributed by atoms with Gasteiger partial charge in [0.15, 0.2) is 11.6 Å². The zero-order valence-corrected chi connectivity index (χ0v) is 17.1. The van der Waals surface area contributed by atoms with Crippen LogP contribution in [-0.4, -0.2) is 32.4 Å². The molecule has 1 saturated carbocycles. The smallest absolute Gasteiger partial charge is 0.253 e. The maximum absolute atomic E-state index is 14.8. The van der Waals surface area contributed by atoms with Crippen molar-refractivity contribution in [3.63, 3.8) is 0 Å². The van der Waals surface area contributed by atoms with E-state index in [0.717, 1.165) is 12.8 Å².